The average molecular weight is 694 g/mol. The number of nitrogens with zero attached hydrogens (tertiary/aromatic N) is 3. The number of carbonyl (C=O) groups is 1. The van der Waals surface area contributed by atoms with Gasteiger partial charge in [0.15, 0.2) is 17.5 Å². The lowest BCUT2D eigenvalue weighted by atomic mass is 10.0. The molecular weight excluding hydrogens is 651 g/mol. The summed E-state index contributed by atoms with van der Waals surface area (Å²) < 4.78 is 11.7. The van der Waals surface area contributed by atoms with Crippen LogP contribution in [-0.4, -0.2) is 44.0 Å². The second kappa shape index (κ2) is 17.9. The molecular formula is C44H43N3O5. The number of aromatic hydroxyl groups is 1. The Morgan fingerprint density at radius 2 is 1.08 bits per heavy atom. The Hall–Kier alpha value is -5.86. The molecule has 0 aliphatic heterocycles. The van der Waals surface area contributed by atoms with Crippen LogP contribution >= 0.6 is 0 Å². The van der Waals surface area contributed by atoms with Gasteiger partial charge in [0.1, 0.15) is 17.9 Å². The fourth-order valence-electron chi connectivity index (χ4n) is 5.94. The summed E-state index contributed by atoms with van der Waals surface area (Å²) in [6.45, 7) is 2.57. The van der Waals surface area contributed by atoms with Crippen LogP contribution in [0.1, 0.15) is 51.9 Å². The number of benzene rings is 5. The monoisotopic (exact) mass is 693 g/mol. The standard InChI is InChI=1S/C44H43N3O5/c1-2-3-4-5-6-13-28-51-41(30-40(49)50)52-37-26-27-38(39(48)29-37)44-46-42(35-22-18-33(19-23-35)31-14-9-7-10-15-31)45-43(47-44)36-24-20-34(21-25-36)32-16-11-8-12-17-32/h7-12,14-27,29,41,48H,2-6,13,28,30H2,1H3,(H,49,50). The van der Waals surface area contributed by atoms with E-state index in [-0.39, 0.29) is 23.7 Å². The summed E-state index contributed by atoms with van der Waals surface area (Å²) in [5, 5.41) is 20.7. The molecule has 8 nitrogen and oxygen atoms in total. The number of unbranched alkanes of at least 4 members (excludes halogenated alkanes) is 5. The van der Waals surface area contributed by atoms with E-state index in [1.807, 2.05) is 84.9 Å². The van der Waals surface area contributed by atoms with Crippen molar-refractivity contribution in [3.63, 3.8) is 0 Å². The van der Waals surface area contributed by atoms with Crippen LogP contribution < -0.4 is 4.74 Å². The molecule has 0 amide bonds. The molecule has 0 radical (unpaired) electrons. The third-order valence-electron chi connectivity index (χ3n) is 8.76. The van der Waals surface area contributed by atoms with Crippen molar-refractivity contribution in [2.45, 2.75) is 58.2 Å². The highest BCUT2D eigenvalue weighted by Crippen LogP contribution is 2.34. The minimum Gasteiger partial charge on any atom is -0.507 e. The average Bonchev–Trinajstić information content (AvgIpc) is 3.18. The van der Waals surface area contributed by atoms with E-state index >= 15 is 0 Å². The van der Waals surface area contributed by atoms with Gasteiger partial charge in [-0.2, -0.15) is 0 Å². The molecule has 0 bridgehead atoms. The maximum absolute atomic E-state index is 11.6. The molecule has 0 fully saturated rings. The Kier molecular flexibility index (Phi) is 12.4. The molecule has 264 valence electrons. The highest BCUT2D eigenvalue weighted by molar-refractivity contribution is 5.74. The second-order valence-corrected chi connectivity index (χ2v) is 12.7. The topological polar surface area (TPSA) is 115 Å². The van der Waals surface area contributed by atoms with Crippen molar-refractivity contribution in [3.05, 3.63) is 127 Å². The number of phenols is 1. The van der Waals surface area contributed by atoms with Gasteiger partial charge in [0.25, 0.3) is 0 Å². The van der Waals surface area contributed by atoms with Gasteiger partial charge >= 0.3 is 5.97 Å². The van der Waals surface area contributed by atoms with E-state index in [0.29, 0.717) is 23.8 Å². The maximum Gasteiger partial charge on any atom is 0.309 e. The van der Waals surface area contributed by atoms with Crippen LogP contribution in [0.25, 0.3) is 56.4 Å². The quantitative estimate of drug-likeness (QED) is 0.0716. The molecule has 52 heavy (non-hydrogen) atoms. The smallest absolute Gasteiger partial charge is 0.309 e. The molecule has 1 atom stereocenters. The van der Waals surface area contributed by atoms with Gasteiger partial charge in [0.05, 0.1) is 12.2 Å². The zero-order valence-corrected chi connectivity index (χ0v) is 29.3. The first-order valence-electron chi connectivity index (χ1n) is 17.9. The van der Waals surface area contributed by atoms with Crippen LogP contribution in [-0.2, 0) is 9.53 Å². The number of aromatic nitrogens is 3. The van der Waals surface area contributed by atoms with Crippen LogP contribution in [0.5, 0.6) is 11.5 Å². The molecule has 1 unspecified atom stereocenters. The lowest BCUT2D eigenvalue weighted by Gasteiger charge is -2.19. The summed E-state index contributed by atoms with van der Waals surface area (Å²) in [4.78, 5) is 26.1. The number of ether oxygens (including phenoxy) is 2. The number of aliphatic carboxylic acids is 1. The first-order chi connectivity index (χ1) is 25.5. The van der Waals surface area contributed by atoms with Crippen molar-refractivity contribution in [1.29, 1.82) is 0 Å². The van der Waals surface area contributed by atoms with E-state index in [1.165, 1.54) is 25.3 Å². The van der Waals surface area contributed by atoms with Crippen molar-refractivity contribution in [2.24, 2.45) is 0 Å². The van der Waals surface area contributed by atoms with Crippen molar-refractivity contribution in [2.75, 3.05) is 6.61 Å². The number of carboxylic acid groups (broad SMARTS) is 1. The molecule has 1 aromatic heterocycles. The first kappa shape index (κ1) is 35.9. The number of hydrogen-bond acceptors (Lipinski definition) is 7. The minimum absolute atomic E-state index is 0.121. The van der Waals surface area contributed by atoms with E-state index in [0.717, 1.165) is 52.6 Å². The molecule has 0 aliphatic carbocycles. The zero-order chi connectivity index (χ0) is 36.1. The molecule has 1 heterocycles. The van der Waals surface area contributed by atoms with E-state index < -0.39 is 12.3 Å². The van der Waals surface area contributed by atoms with Gasteiger partial charge in [-0.1, -0.05) is 148 Å². The van der Waals surface area contributed by atoms with Crippen LogP contribution in [0.3, 0.4) is 0 Å². The van der Waals surface area contributed by atoms with Gasteiger partial charge in [-0.25, -0.2) is 15.0 Å². The van der Waals surface area contributed by atoms with Gasteiger partial charge in [-0.05, 0) is 40.8 Å². The third-order valence-corrected chi connectivity index (χ3v) is 8.76. The largest absolute Gasteiger partial charge is 0.507 e. The Morgan fingerprint density at radius 3 is 1.60 bits per heavy atom. The molecule has 0 aliphatic rings. The highest BCUT2D eigenvalue weighted by Gasteiger charge is 2.19. The van der Waals surface area contributed by atoms with E-state index in [9.17, 15) is 15.0 Å². The summed E-state index contributed by atoms with van der Waals surface area (Å²) in [5.74, 6) is 0.312. The number of carboxylic acids is 1. The van der Waals surface area contributed by atoms with Gasteiger partial charge in [0.2, 0.25) is 6.29 Å². The first-order valence-corrected chi connectivity index (χ1v) is 17.9. The van der Waals surface area contributed by atoms with Gasteiger partial charge in [0, 0.05) is 17.2 Å². The third kappa shape index (κ3) is 9.68. The molecule has 6 rings (SSSR count). The second-order valence-electron chi connectivity index (χ2n) is 12.7. The van der Waals surface area contributed by atoms with Crippen LogP contribution in [0.15, 0.2) is 127 Å². The molecule has 0 spiro atoms. The summed E-state index contributed by atoms with van der Waals surface area (Å²) >= 11 is 0. The Balaban J connectivity index is 1.28. The molecule has 5 aromatic carbocycles. The lowest BCUT2D eigenvalue weighted by molar-refractivity contribution is -0.149. The fourth-order valence-corrected chi connectivity index (χ4v) is 5.94. The molecule has 0 saturated heterocycles. The summed E-state index contributed by atoms with van der Waals surface area (Å²) in [6, 6.07) is 41.1. The van der Waals surface area contributed by atoms with Crippen molar-refractivity contribution in [1.82, 2.24) is 15.0 Å². The van der Waals surface area contributed by atoms with Crippen molar-refractivity contribution >= 4 is 5.97 Å². The molecule has 2 N–H and O–H groups in total. The molecule has 8 heteroatoms. The normalized spacial score (nSPS) is 11.6. The van der Waals surface area contributed by atoms with Gasteiger partial charge in [-0.3, -0.25) is 4.79 Å². The molecule has 6 aromatic rings. The Bertz CT molecular complexity index is 1930. The number of hydrogen-bond donors (Lipinski definition) is 2. The van der Waals surface area contributed by atoms with Gasteiger partial charge in [-0.15, -0.1) is 0 Å². The van der Waals surface area contributed by atoms with Crippen LogP contribution in [0.4, 0.5) is 0 Å². The number of rotatable bonds is 17. The van der Waals surface area contributed by atoms with Crippen molar-refractivity contribution in [3.8, 4) is 67.9 Å². The van der Waals surface area contributed by atoms with Crippen LogP contribution in [0.2, 0.25) is 0 Å². The summed E-state index contributed by atoms with van der Waals surface area (Å²) in [7, 11) is 0. The Morgan fingerprint density at radius 1 is 0.596 bits per heavy atom. The molecule has 0 saturated carbocycles. The maximum atomic E-state index is 11.6. The Labute approximate surface area is 304 Å². The fraction of sp³-hybridized carbons (Fsp3) is 0.227. The van der Waals surface area contributed by atoms with E-state index in [1.54, 1.807) is 12.1 Å². The predicted octanol–water partition coefficient (Wildman–Crippen LogP) is 10.5. The van der Waals surface area contributed by atoms with Gasteiger partial charge < -0.3 is 19.7 Å². The van der Waals surface area contributed by atoms with E-state index in [2.05, 4.69) is 31.2 Å². The van der Waals surface area contributed by atoms with Crippen LogP contribution in [0, 0.1) is 0 Å². The number of phenolic OH excluding ortho intramolecular Hbond substituents is 1. The SMILES string of the molecule is CCCCCCCCOC(CC(=O)O)Oc1ccc(-c2nc(-c3ccc(-c4ccccc4)cc3)nc(-c3ccc(-c4ccccc4)cc3)n2)c(O)c1. The van der Waals surface area contributed by atoms with E-state index in [4.69, 9.17) is 24.4 Å². The lowest BCUT2D eigenvalue weighted by Crippen LogP contribution is -2.24. The summed E-state index contributed by atoms with van der Waals surface area (Å²) in [6.07, 6.45) is 5.20. The predicted molar refractivity (Wildman–Crippen MR) is 205 cm³/mol. The summed E-state index contributed by atoms with van der Waals surface area (Å²) in [5.41, 5.74) is 6.32. The minimum atomic E-state index is -1.03. The highest BCUT2D eigenvalue weighted by atomic mass is 16.7. The zero-order valence-electron chi connectivity index (χ0n) is 29.3. The van der Waals surface area contributed by atoms with Crippen molar-refractivity contribution < 1.29 is 24.5 Å².